The van der Waals surface area contributed by atoms with Crippen molar-refractivity contribution < 1.29 is 9.53 Å². The van der Waals surface area contributed by atoms with Gasteiger partial charge in [-0.25, -0.2) is 4.98 Å². The Morgan fingerprint density at radius 3 is 2.92 bits per heavy atom. The number of ether oxygens (including phenoxy) is 1. The topological polar surface area (TPSA) is 51.2 Å². The smallest absolute Gasteiger partial charge is 0.230 e. The van der Waals surface area contributed by atoms with E-state index in [1.54, 1.807) is 22.7 Å². The molecule has 1 saturated carbocycles. The Balaban J connectivity index is 1.36. The fourth-order valence-corrected chi connectivity index (χ4v) is 4.65. The van der Waals surface area contributed by atoms with Crippen LogP contribution in [-0.4, -0.2) is 17.0 Å². The number of nitrogens with zero attached hydrogens (tertiary/aromatic N) is 1. The van der Waals surface area contributed by atoms with Crippen LogP contribution in [0.1, 0.15) is 31.4 Å². The zero-order valence-corrected chi connectivity index (χ0v) is 15.9. The monoisotopic (exact) mass is 384 g/mol. The third-order valence-electron chi connectivity index (χ3n) is 4.38. The number of anilines is 1. The average Bonchev–Trinajstić information content (AvgIpc) is 3.37. The maximum atomic E-state index is 12.3. The van der Waals surface area contributed by atoms with Gasteiger partial charge in [0.15, 0.2) is 0 Å². The van der Waals surface area contributed by atoms with Gasteiger partial charge in [0.05, 0.1) is 18.2 Å². The molecule has 6 heteroatoms. The third kappa shape index (κ3) is 4.31. The van der Waals surface area contributed by atoms with Crippen molar-refractivity contribution in [2.75, 3.05) is 5.32 Å². The average molecular weight is 385 g/mol. The number of benzene rings is 1. The van der Waals surface area contributed by atoms with Crippen LogP contribution in [0.15, 0.2) is 46.5 Å². The minimum Gasteiger partial charge on any atom is -0.490 e. The molecule has 0 spiro atoms. The molecule has 4 nitrogen and oxygen atoms in total. The molecule has 0 unspecified atom stereocenters. The summed E-state index contributed by atoms with van der Waals surface area (Å²) in [4.78, 5) is 16.9. The number of amides is 1. The van der Waals surface area contributed by atoms with Gasteiger partial charge >= 0.3 is 0 Å². The van der Waals surface area contributed by atoms with Crippen LogP contribution in [-0.2, 0) is 11.2 Å². The number of carbonyl (C=O) groups excluding carboxylic acids is 1. The molecule has 1 aliphatic rings. The number of rotatable bonds is 6. The van der Waals surface area contributed by atoms with Gasteiger partial charge in [-0.3, -0.25) is 4.79 Å². The van der Waals surface area contributed by atoms with E-state index in [0.29, 0.717) is 6.10 Å². The highest BCUT2D eigenvalue weighted by molar-refractivity contribution is 7.14. The van der Waals surface area contributed by atoms with Crippen molar-refractivity contribution in [1.29, 1.82) is 0 Å². The highest BCUT2D eigenvalue weighted by Crippen LogP contribution is 2.27. The molecular weight excluding hydrogens is 364 g/mol. The normalized spacial score (nSPS) is 14.5. The Bertz CT molecular complexity index is 868. The van der Waals surface area contributed by atoms with Gasteiger partial charge in [-0.2, -0.15) is 11.3 Å². The molecule has 1 amide bonds. The van der Waals surface area contributed by atoms with Crippen molar-refractivity contribution in [3.8, 4) is 16.3 Å². The lowest BCUT2D eigenvalue weighted by atomic mass is 10.2. The van der Waals surface area contributed by atoms with Gasteiger partial charge in [-0.15, -0.1) is 11.3 Å². The van der Waals surface area contributed by atoms with Gasteiger partial charge in [0.2, 0.25) is 5.91 Å². The van der Waals surface area contributed by atoms with E-state index < -0.39 is 0 Å². The highest BCUT2D eigenvalue weighted by Gasteiger charge is 2.16. The summed E-state index contributed by atoms with van der Waals surface area (Å²) in [6.07, 6.45) is 5.30. The van der Waals surface area contributed by atoms with Crippen LogP contribution < -0.4 is 10.1 Å². The Hall–Kier alpha value is -2.18. The molecule has 0 radical (unpaired) electrons. The number of hydrogen-bond donors (Lipinski definition) is 1. The molecule has 1 aromatic carbocycles. The van der Waals surface area contributed by atoms with Crippen molar-refractivity contribution in [2.45, 2.75) is 38.2 Å². The van der Waals surface area contributed by atoms with Crippen LogP contribution in [0.2, 0.25) is 0 Å². The molecule has 3 aromatic rings. The molecule has 2 heterocycles. The van der Waals surface area contributed by atoms with E-state index in [-0.39, 0.29) is 12.3 Å². The van der Waals surface area contributed by atoms with Gasteiger partial charge in [0.25, 0.3) is 0 Å². The molecule has 4 rings (SSSR count). The number of carbonyl (C=O) groups is 1. The second-order valence-corrected chi connectivity index (χ2v) is 8.07. The number of hydrogen-bond acceptors (Lipinski definition) is 5. The third-order valence-corrected chi connectivity index (χ3v) is 6.01. The first-order chi connectivity index (χ1) is 12.8. The van der Waals surface area contributed by atoms with Crippen molar-refractivity contribution in [3.63, 3.8) is 0 Å². The van der Waals surface area contributed by atoms with Crippen LogP contribution in [0, 0.1) is 0 Å². The number of thiophene rings is 1. The standard InChI is InChI=1S/C20H20N2O2S2/c23-19(11-16-13-26-20(22-16)14-8-9-25-12-14)21-15-4-3-7-18(10-15)24-17-5-1-2-6-17/h3-4,7-10,12-13,17H,1-2,5-6,11H2,(H,21,23). The predicted octanol–water partition coefficient (Wildman–Crippen LogP) is 5.37. The van der Waals surface area contributed by atoms with Crippen LogP contribution in [0.3, 0.4) is 0 Å². The van der Waals surface area contributed by atoms with E-state index in [2.05, 4.69) is 15.7 Å². The summed E-state index contributed by atoms with van der Waals surface area (Å²) < 4.78 is 6.00. The van der Waals surface area contributed by atoms with Crippen molar-refractivity contribution in [3.05, 3.63) is 52.2 Å². The molecule has 1 fully saturated rings. The van der Waals surface area contributed by atoms with E-state index in [9.17, 15) is 4.79 Å². The van der Waals surface area contributed by atoms with Crippen LogP contribution in [0.25, 0.3) is 10.6 Å². The summed E-state index contributed by atoms with van der Waals surface area (Å²) in [5.41, 5.74) is 2.68. The Morgan fingerprint density at radius 2 is 2.12 bits per heavy atom. The minimum atomic E-state index is -0.0646. The van der Waals surface area contributed by atoms with Crippen molar-refractivity contribution in [1.82, 2.24) is 4.98 Å². The van der Waals surface area contributed by atoms with E-state index >= 15 is 0 Å². The number of thiazole rings is 1. The quantitative estimate of drug-likeness (QED) is 0.621. The fraction of sp³-hybridized carbons (Fsp3) is 0.300. The Labute approximate surface area is 160 Å². The molecule has 1 N–H and O–H groups in total. The molecular formula is C20H20N2O2S2. The highest BCUT2D eigenvalue weighted by atomic mass is 32.1. The predicted molar refractivity (Wildman–Crippen MR) is 107 cm³/mol. The lowest BCUT2D eigenvalue weighted by Crippen LogP contribution is -2.15. The first-order valence-corrected chi connectivity index (χ1v) is 10.6. The lowest BCUT2D eigenvalue weighted by molar-refractivity contribution is -0.115. The SMILES string of the molecule is O=C(Cc1csc(-c2ccsc2)n1)Nc1cccc(OC2CCCC2)c1. The minimum absolute atomic E-state index is 0.0646. The van der Waals surface area contributed by atoms with Gasteiger partial charge in [-0.05, 0) is 49.3 Å². The van der Waals surface area contributed by atoms with Gasteiger partial charge in [0.1, 0.15) is 10.8 Å². The second-order valence-electron chi connectivity index (χ2n) is 6.43. The lowest BCUT2D eigenvalue weighted by Gasteiger charge is -2.14. The molecule has 26 heavy (non-hydrogen) atoms. The summed E-state index contributed by atoms with van der Waals surface area (Å²) in [5, 5.41) is 9.96. The summed E-state index contributed by atoms with van der Waals surface area (Å²) in [6, 6.07) is 9.69. The van der Waals surface area contributed by atoms with E-state index in [4.69, 9.17) is 4.74 Å². The van der Waals surface area contributed by atoms with Crippen LogP contribution >= 0.6 is 22.7 Å². The van der Waals surface area contributed by atoms with Crippen LogP contribution in [0.5, 0.6) is 5.75 Å². The van der Waals surface area contributed by atoms with E-state index in [0.717, 1.165) is 40.5 Å². The first kappa shape index (κ1) is 17.2. The molecule has 0 saturated heterocycles. The maximum Gasteiger partial charge on any atom is 0.230 e. The molecule has 2 aromatic heterocycles. The molecule has 1 aliphatic carbocycles. The first-order valence-electron chi connectivity index (χ1n) is 8.80. The largest absolute Gasteiger partial charge is 0.490 e. The zero-order valence-electron chi connectivity index (χ0n) is 14.3. The van der Waals surface area contributed by atoms with Crippen molar-refractivity contribution >= 4 is 34.3 Å². The fourth-order valence-electron chi connectivity index (χ4n) is 3.12. The Morgan fingerprint density at radius 1 is 1.23 bits per heavy atom. The van der Waals surface area contributed by atoms with Gasteiger partial charge < -0.3 is 10.1 Å². The second kappa shape index (κ2) is 8.01. The summed E-state index contributed by atoms with van der Waals surface area (Å²) in [6.45, 7) is 0. The zero-order chi connectivity index (χ0) is 17.8. The molecule has 0 atom stereocenters. The summed E-state index contributed by atoms with van der Waals surface area (Å²) in [7, 11) is 0. The Kier molecular flexibility index (Phi) is 5.32. The number of aromatic nitrogens is 1. The number of nitrogens with one attached hydrogen (secondary N) is 1. The van der Waals surface area contributed by atoms with Gasteiger partial charge in [0, 0.05) is 28.1 Å². The van der Waals surface area contributed by atoms with E-state index in [1.807, 2.05) is 41.1 Å². The molecule has 134 valence electrons. The molecule has 0 bridgehead atoms. The summed E-state index contributed by atoms with van der Waals surface area (Å²) >= 11 is 3.22. The summed E-state index contributed by atoms with van der Waals surface area (Å²) in [5.74, 6) is 0.758. The van der Waals surface area contributed by atoms with E-state index in [1.165, 1.54) is 12.8 Å². The van der Waals surface area contributed by atoms with Gasteiger partial charge in [-0.1, -0.05) is 6.07 Å². The van der Waals surface area contributed by atoms with Crippen LogP contribution in [0.4, 0.5) is 5.69 Å². The maximum absolute atomic E-state index is 12.3. The molecule has 0 aliphatic heterocycles. The van der Waals surface area contributed by atoms with Crippen molar-refractivity contribution in [2.24, 2.45) is 0 Å².